The van der Waals surface area contributed by atoms with Gasteiger partial charge in [-0.1, -0.05) is 20.8 Å². The molecule has 2 heterocycles. The maximum atomic E-state index is 12.0. The van der Waals surface area contributed by atoms with E-state index in [-0.39, 0.29) is 11.3 Å². The maximum absolute atomic E-state index is 12.0. The van der Waals surface area contributed by atoms with Crippen molar-refractivity contribution in [2.75, 3.05) is 5.32 Å². The maximum Gasteiger partial charge on any atom is 0.256 e. The zero-order valence-electron chi connectivity index (χ0n) is 11.3. The predicted octanol–water partition coefficient (Wildman–Crippen LogP) is 3.03. The van der Waals surface area contributed by atoms with Crippen LogP contribution in [0.5, 0.6) is 0 Å². The molecule has 4 nitrogen and oxygen atoms in total. The highest BCUT2D eigenvalue weighted by molar-refractivity contribution is 6.03. The molecule has 0 aliphatic carbocycles. The Balaban J connectivity index is 2.18. The van der Waals surface area contributed by atoms with E-state index in [1.54, 1.807) is 30.7 Å². The van der Waals surface area contributed by atoms with Crippen LogP contribution in [0.2, 0.25) is 0 Å². The number of carbonyl (C=O) groups is 1. The highest BCUT2D eigenvalue weighted by Gasteiger charge is 2.15. The van der Waals surface area contributed by atoms with Crippen LogP contribution in [0.1, 0.15) is 36.7 Å². The summed E-state index contributed by atoms with van der Waals surface area (Å²) in [6.07, 6.45) is 4.89. The van der Waals surface area contributed by atoms with Crippen LogP contribution in [-0.2, 0) is 5.41 Å². The number of hydrogen-bond acceptors (Lipinski definition) is 3. The quantitative estimate of drug-likeness (QED) is 0.897. The Morgan fingerprint density at radius 3 is 2.42 bits per heavy atom. The van der Waals surface area contributed by atoms with Gasteiger partial charge in [0.25, 0.3) is 5.91 Å². The number of aromatic nitrogens is 2. The van der Waals surface area contributed by atoms with Crippen LogP contribution in [0.15, 0.2) is 42.9 Å². The predicted molar refractivity (Wildman–Crippen MR) is 75.1 cm³/mol. The lowest BCUT2D eigenvalue weighted by molar-refractivity contribution is 0.102. The van der Waals surface area contributed by atoms with Gasteiger partial charge in [-0.25, -0.2) is 4.98 Å². The summed E-state index contributed by atoms with van der Waals surface area (Å²) in [5.74, 6) is 0.384. The van der Waals surface area contributed by atoms with E-state index in [4.69, 9.17) is 0 Å². The summed E-state index contributed by atoms with van der Waals surface area (Å²) >= 11 is 0. The van der Waals surface area contributed by atoms with Gasteiger partial charge in [-0.15, -0.1) is 0 Å². The SMILES string of the molecule is CC(C)(C)c1ccnc(NC(=O)c2ccncc2)c1. The summed E-state index contributed by atoms with van der Waals surface area (Å²) in [4.78, 5) is 20.1. The molecule has 0 bridgehead atoms. The molecule has 0 radical (unpaired) electrons. The Hall–Kier alpha value is -2.23. The van der Waals surface area contributed by atoms with Gasteiger partial charge in [0, 0.05) is 24.2 Å². The van der Waals surface area contributed by atoms with Gasteiger partial charge in [-0.3, -0.25) is 9.78 Å². The summed E-state index contributed by atoms with van der Waals surface area (Å²) in [5.41, 5.74) is 1.73. The number of carbonyl (C=O) groups excluding carboxylic acids is 1. The summed E-state index contributed by atoms with van der Waals surface area (Å²) in [7, 11) is 0. The molecule has 0 fully saturated rings. The Bertz CT molecular complexity index is 573. The van der Waals surface area contributed by atoms with Crippen LogP contribution in [-0.4, -0.2) is 15.9 Å². The van der Waals surface area contributed by atoms with Gasteiger partial charge in [0.1, 0.15) is 5.82 Å². The molecule has 98 valence electrons. The molecule has 1 N–H and O–H groups in total. The monoisotopic (exact) mass is 255 g/mol. The van der Waals surface area contributed by atoms with Crippen molar-refractivity contribution in [3.8, 4) is 0 Å². The van der Waals surface area contributed by atoms with Crippen molar-refractivity contribution in [3.63, 3.8) is 0 Å². The van der Waals surface area contributed by atoms with Crippen molar-refractivity contribution in [2.24, 2.45) is 0 Å². The molecular formula is C15H17N3O. The summed E-state index contributed by atoms with van der Waals surface area (Å²) < 4.78 is 0. The van der Waals surface area contributed by atoms with Crippen molar-refractivity contribution in [1.82, 2.24) is 9.97 Å². The molecule has 0 unspecified atom stereocenters. The van der Waals surface area contributed by atoms with Gasteiger partial charge in [0.05, 0.1) is 0 Å². The minimum absolute atomic E-state index is 0.0269. The van der Waals surface area contributed by atoms with Crippen LogP contribution >= 0.6 is 0 Å². The van der Waals surface area contributed by atoms with Crippen molar-refractivity contribution >= 4 is 11.7 Å². The van der Waals surface area contributed by atoms with Crippen LogP contribution < -0.4 is 5.32 Å². The van der Waals surface area contributed by atoms with Crippen LogP contribution in [0.3, 0.4) is 0 Å². The van der Waals surface area contributed by atoms with Gasteiger partial charge in [0.2, 0.25) is 0 Å². The molecule has 0 aliphatic rings. The number of rotatable bonds is 2. The second-order valence-electron chi connectivity index (χ2n) is 5.37. The highest BCUT2D eigenvalue weighted by Crippen LogP contribution is 2.23. The summed E-state index contributed by atoms with van der Waals surface area (Å²) in [6.45, 7) is 6.37. The molecule has 4 heteroatoms. The van der Waals surface area contributed by atoms with Crippen molar-refractivity contribution < 1.29 is 4.79 Å². The first kappa shape index (κ1) is 13.2. The molecule has 0 saturated heterocycles. The zero-order chi connectivity index (χ0) is 13.9. The van der Waals surface area contributed by atoms with Gasteiger partial charge in [-0.2, -0.15) is 0 Å². The fourth-order valence-electron chi connectivity index (χ4n) is 1.66. The van der Waals surface area contributed by atoms with E-state index in [0.717, 1.165) is 5.56 Å². The van der Waals surface area contributed by atoms with Crippen LogP contribution in [0.25, 0.3) is 0 Å². The van der Waals surface area contributed by atoms with Gasteiger partial charge < -0.3 is 5.32 Å². The molecule has 1 amide bonds. The number of hydrogen-bond donors (Lipinski definition) is 1. The van der Waals surface area contributed by atoms with Crippen molar-refractivity contribution in [2.45, 2.75) is 26.2 Å². The van der Waals surface area contributed by atoms with Gasteiger partial charge in [-0.05, 0) is 35.2 Å². The first-order valence-electron chi connectivity index (χ1n) is 6.15. The molecule has 2 rings (SSSR count). The molecule has 0 spiro atoms. The van der Waals surface area contributed by atoms with Gasteiger partial charge >= 0.3 is 0 Å². The first-order valence-corrected chi connectivity index (χ1v) is 6.15. The summed E-state index contributed by atoms with van der Waals surface area (Å²) in [5, 5.41) is 2.79. The van der Waals surface area contributed by atoms with Crippen LogP contribution in [0.4, 0.5) is 5.82 Å². The average molecular weight is 255 g/mol. The Labute approximate surface area is 112 Å². The lowest BCUT2D eigenvalue weighted by Gasteiger charge is -2.19. The second-order valence-corrected chi connectivity index (χ2v) is 5.37. The van der Waals surface area contributed by atoms with E-state index >= 15 is 0 Å². The standard InChI is InChI=1S/C15H17N3O/c1-15(2,3)12-6-9-17-13(10-12)18-14(19)11-4-7-16-8-5-11/h4-10H,1-3H3,(H,17,18,19). The topological polar surface area (TPSA) is 54.9 Å². The number of pyridine rings is 2. The number of anilines is 1. The second kappa shape index (κ2) is 5.18. The van der Waals surface area contributed by atoms with Crippen LogP contribution in [0, 0.1) is 0 Å². The molecule has 0 aromatic carbocycles. The van der Waals surface area contributed by atoms with Gasteiger partial charge in [0.15, 0.2) is 0 Å². The minimum atomic E-state index is -0.180. The molecule has 0 aliphatic heterocycles. The third-order valence-corrected chi connectivity index (χ3v) is 2.81. The van der Waals surface area contributed by atoms with E-state index in [1.807, 2.05) is 12.1 Å². The molecule has 19 heavy (non-hydrogen) atoms. The third kappa shape index (κ3) is 3.37. The fraction of sp³-hybridized carbons (Fsp3) is 0.267. The lowest BCUT2D eigenvalue weighted by Crippen LogP contribution is -2.15. The van der Waals surface area contributed by atoms with Crippen molar-refractivity contribution in [1.29, 1.82) is 0 Å². The first-order chi connectivity index (χ1) is 8.97. The average Bonchev–Trinajstić information content (AvgIpc) is 2.39. The van der Waals surface area contributed by atoms with E-state index in [1.165, 1.54) is 0 Å². The number of nitrogens with one attached hydrogen (secondary N) is 1. The van der Waals surface area contributed by atoms with E-state index < -0.39 is 0 Å². The molecular weight excluding hydrogens is 238 g/mol. The van der Waals surface area contributed by atoms with E-state index in [0.29, 0.717) is 11.4 Å². The number of nitrogens with zero attached hydrogens (tertiary/aromatic N) is 2. The fourth-order valence-corrected chi connectivity index (χ4v) is 1.66. The normalized spacial score (nSPS) is 11.1. The zero-order valence-corrected chi connectivity index (χ0v) is 11.3. The third-order valence-electron chi connectivity index (χ3n) is 2.81. The largest absolute Gasteiger partial charge is 0.307 e. The molecule has 2 aromatic rings. The lowest BCUT2D eigenvalue weighted by atomic mass is 9.88. The summed E-state index contributed by atoms with van der Waals surface area (Å²) in [6, 6.07) is 7.20. The van der Waals surface area contributed by atoms with Crippen molar-refractivity contribution in [3.05, 3.63) is 54.0 Å². The minimum Gasteiger partial charge on any atom is -0.307 e. The number of amides is 1. The van der Waals surface area contributed by atoms with E-state index in [2.05, 4.69) is 36.1 Å². The Morgan fingerprint density at radius 1 is 1.11 bits per heavy atom. The highest BCUT2D eigenvalue weighted by atomic mass is 16.1. The molecule has 2 aromatic heterocycles. The Morgan fingerprint density at radius 2 is 1.79 bits per heavy atom. The molecule has 0 saturated carbocycles. The molecule has 0 atom stereocenters. The Kier molecular flexibility index (Phi) is 3.60. The smallest absolute Gasteiger partial charge is 0.256 e. The van der Waals surface area contributed by atoms with E-state index in [9.17, 15) is 4.79 Å².